The van der Waals surface area contributed by atoms with Crippen molar-refractivity contribution in [2.45, 2.75) is 117 Å². The van der Waals surface area contributed by atoms with E-state index in [9.17, 15) is 5.11 Å². The van der Waals surface area contributed by atoms with Crippen molar-refractivity contribution in [3.05, 3.63) is 94.5 Å². The van der Waals surface area contributed by atoms with Gasteiger partial charge in [-0.3, -0.25) is 4.99 Å². The van der Waals surface area contributed by atoms with E-state index in [0.29, 0.717) is 17.6 Å². The summed E-state index contributed by atoms with van der Waals surface area (Å²) in [7, 11) is -0.567. The lowest BCUT2D eigenvalue weighted by Gasteiger charge is -2.45. The Balaban J connectivity index is 2.10. The number of para-hydroxylation sites is 2. The largest absolute Gasteiger partial charge is 0.507 e. The van der Waals surface area contributed by atoms with Gasteiger partial charge in [-0.25, -0.2) is 0 Å². The Labute approximate surface area is 257 Å². The summed E-state index contributed by atoms with van der Waals surface area (Å²) in [4.78, 5) is 5.87. The van der Waals surface area contributed by atoms with Gasteiger partial charge < -0.3 is 5.11 Å². The molecule has 0 saturated carbocycles. The number of hydrogen-bond donors (Lipinski definition) is 1. The highest BCUT2D eigenvalue weighted by molar-refractivity contribution is 7.77. The quantitative estimate of drug-likeness (QED) is 0.288. The maximum atomic E-state index is 12.4. The SMILES string of the molecule is CC(C)c1cccc(C(C)C)c1N=C1P(C(C)(C)C)CCC1(c1cccc(C(C)(C)c2ccccc2)c1O)C(C)(C)C. The molecule has 0 aliphatic carbocycles. The van der Waals surface area contributed by atoms with Crippen molar-refractivity contribution < 1.29 is 5.11 Å². The smallest absolute Gasteiger partial charge is 0.123 e. The summed E-state index contributed by atoms with van der Waals surface area (Å²) in [5.41, 5.74) is 7.41. The van der Waals surface area contributed by atoms with Gasteiger partial charge in [0.1, 0.15) is 5.75 Å². The molecule has 1 aliphatic rings. The fourth-order valence-corrected chi connectivity index (χ4v) is 10.4. The van der Waals surface area contributed by atoms with E-state index in [2.05, 4.69) is 150 Å². The number of hydrogen-bond acceptors (Lipinski definition) is 2. The third-order valence-corrected chi connectivity index (χ3v) is 12.9. The Bertz CT molecular complexity index is 1410. The maximum Gasteiger partial charge on any atom is 0.123 e. The molecular weight excluding hydrogens is 529 g/mol. The zero-order valence-corrected chi connectivity index (χ0v) is 29.2. The summed E-state index contributed by atoms with van der Waals surface area (Å²) in [5.74, 6) is 1.18. The Morgan fingerprint density at radius 2 is 1.29 bits per heavy atom. The molecule has 4 rings (SSSR count). The first-order valence-corrected chi connectivity index (χ1v) is 17.4. The van der Waals surface area contributed by atoms with Gasteiger partial charge in [-0.15, -0.1) is 0 Å². The van der Waals surface area contributed by atoms with Gasteiger partial charge in [0.15, 0.2) is 0 Å². The van der Waals surface area contributed by atoms with E-state index >= 15 is 0 Å². The Hall–Kier alpha value is -2.44. The van der Waals surface area contributed by atoms with Crippen molar-refractivity contribution >= 4 is 19.1 Å². The number of rotatable bonds is 6. The summed E-state index contributed by atoms with van der Waals surface area (Å²) >= 11 is 0. The number of phenols is 1. The van der Waals surface area contributed by atoms with E-state index in [0.717, 1.165) is 29.4 Å². The first-order chi connectivity index (χ1) is 19.4. The highest BCUT2D eigenvalue weighted by atomic mass is 31.1. The van der Waals surface area contributed by atoms with Gasteiger partial charge in [-0.1, -0.05) is 158 Å². The predicted octanol–water partition coefficient (Wildman–Crippen LogP) is 11.7. The first kappa shape index (κ1) is 32.5. The number of nitrogens with zero attached hydrogens (tertiary/aromatic N) is 1. The van der Waals surface area contributed by atoms with Crippen LogP contribution in [-0.4, -0.2) is 21.9 Å². The summed E-state index contributed by atoms with van der Waals surface area (Å²) in [5, 5.41) is 12.5. The molecule has 226 valence electrons. The Morgan fingerprint density at radius 3 is 1.79 bits per heavy atom. The van der Waals surface area contributed by atoms with Crippen molar-refractivity contribution in [1.29, 1.82) is 0 Å². The predicted molar refractivity (Wildman–Crippen MR) is 186 cm³/mol. The van der Waals surface area contributed by atoms with E-state index in [4.69, 9.17) is 4.99 Å². The van der Waals surface area contributed by atoms with Crippen molar-refractivity contribution in [2.24, 2.45) is 10.4 Å². The van der Waals surface area contributed by atoms with Gasteiger partial charge in [0.2, 0.25) is 0 Å². The van der Waals surface area contributed by atoms with Crippen LogP contribution in [0.15, 0.2) is 71.7 Å². The van der Waals surface area contributed by atoms with Crippen LogP contribution in [0.3, 0.4) is 0 Å². The van der Waals surface area contributed by atoms with E-state index in [1.807, 2.05) is 0 Å². The molecule has 1 saturated heterocycles. The second-order valence-corrected chi connectivity index (χ2v) is 18.5. The molecule has 3 aromatic carbocycles. The van der Waals surface area contributed by atoms with Crippen LogP contribution in [0.4, 0.5) is 5.69 Å². The van der Waals surface area contributed by atoms with E-state index in [1.165, 1.54) is 22.1 Å². The molecule has 42 heavy (non-hydrogen) atoms. The molecule has 1 aliphatic heterocycles. The van der Waals surface area contributed by atoms with Gasteiger partial charge in [0, 0.05) is 22.0 Å². The number of benzene rings is 3. The van der Waals surface area contributed by atoms with E-state index in [1.54, 1.807) is 0 Å². The van der Waals surface area contributed by atoms with Crippen LogP contribution in [-0.2, 0) is 10.8 Å². The summed E-state index contributed by atoms with van der Waals surface area (Å²) < 4.78 is 0. The molecule has 3 heteroatoms. The molecule has 0 aromatic heterocycles. The molecule has 3 aromatic rings. The lowest BCUT2D eigenvalue weighted by molar-refractivity contribution is 0.252. The third-order valence-electron chi connectivity index (χ3n) is 9.66. The zero-order chi connectivity index (χ0) is 31.3. The molecule has 0 bridgehead atoms. The number of phenolic OH excluding ortho intramolecular Hbond substituents is 1. The first-order valence-electron chi connectivity index (χ1n) is 15.8. The summed E-state index contributed by atoms with van der Waals surface area (Å²) in [6, 6.07) is 23.8. The van der Waals surface area contributed by atoms with Crippen molar-refractivity contribution in [3.63, 3.8) is 0 Å². The molecule has 1 N–H and O–H groups in total. The fraction of sp³-hybridized carbons (Fsp3) is 0.513. The van der Waals surface area contributed by atoms with Crippen molar-refractivity contribution in [3.8, 4) is 5.75 Å². The number of aromatic hydroxyl groups is 1. The fourth-order valence-electron chi connectivity index (χ4n) is 7.06. The normalized spacial score (nSPS) is 21.1. The second kappa shape index (κ2) is 11.6. The van der Waals surface area contributed by atoms with Crippen LogP contribution < -0.4 is 0 Å². The van der Waals surface area contributed by atoms with Crippen LogP contribution in [0.25, 0.3) is 0 Å². The molecule has 0 amide bonds. The average Bonchev–Trinajstić information content (AvgIpc) is 3.30. The second-order valence-electron chi connectivity index (χ2n) is 15.5. The molecule has 1 fully saturated rings. The average molecular weight is 584 g/mol. The van der Waals surface area contributed by atoms with E-state index < -0.39 is 13.3 Å². The zero-order valence-electron chi connectivity index (χ0n) is 28.3. The van der Waals surface area contributed by atoms with Crippen LogP contribution in [0.1, 0.15) is 129 Å². The standard InChI is InChI=1S/C39H54NOP/c1-26(2)29-20-16-21-30(27(3)4)33(29)40-35-39(36(5,6)7,24-25-42(35)37(8,9)10)32-23-17-22-31(34(32)41)38(11,12)28-18-14-13-15-19-28/h13-23,26-27,41H,24-25H2,1-12H3. The monoisotopic (exact) mass is 583 g/mol. The minimum Gasteiger partial charge on any atom is -0.507 e. The molecule has 0 radical (unpaired) electrons. The van der Waals surface area contributed by atoms with Gasteiger partial charge in [-0.05, 0) is 51.7 Å². The van der Waals surface area contributed by atoms with Crippen molar-refractivity contribution in [1.82, 2.24) is 0 Å². The lowest BCUT2D eigenvalue weighted by Crippen LogP contribution is -2.44. The molecule has 0 spiro atoms. The van der Waals surface area contributed by atoms with Crippen LogP contribution >= 0.6 is 7.92 Å². The molecule has 2 unspecified atom stereocenters. The van der Waals surface area contributed by atoms with E-state index in [-0.39, 0.29) is 16.0 Å². The molecule has 1 heterocycles. The molecular formula is C39H54NOP. The van der Waals surface area contributed by atoms with Gasteiger partial charge >= 0.3 is 0 Å². The van der Waals surface area contributed by atoms with Crippen LogP contribution in [0, 0.1) is 5.41 Å². The number of aliphatic imine (C=N–C) groups is 1. The van der Waals surface area contributed by atoms with Gasteiger partial charge in [0.05, 0.1) is 11.1 Å². The van der Waals surface area contributed by atoms with Crippen LogP contribution in [0.2, 0.25) is 0 Å². The van der Waals surface area contributed by atoms with Gasteiger partial charge in [-0.2, -0.15) is 0 Å². The Kier molecular flexibility index (Phi) is 8.95. The minimum atomic E-state index is -0.567. The topological polar surface area (TPSA) is 32.6 Å². The highest BCUT2D eigenvalue weighted by Crippen LogP contribution is 2.68. The molecule has 2 nitrogen and oxygen atoms in total. The Morgan fingerprint density at radius 1 is 0.738 bits per heavy atom. The van der Waals surface area contributed by atoms with Gasteiger partial charge in [0.25, 0.3) is 0 Å². The lowest BCUT2D eigenvalue weighted by atomic mass is 9.60. The summed E-state index contributed by atoms with van der Waals surface area (Å²) in [6.45, 7) is 27.8. The third kappa shape index (κ3) is 5.61. The molecule has 2 atom stereocenters. The van der Waals surface area contributed by atoms with Crippen molar-refractivity contribution in [2.75, 3.05) is 6.16 Å². The summed E-state index contributed by atoms with van der Waals surface area (Å²) in [6.07, 6.45) is 2.10. The van der Waals surface area contributed by atoms with Crippen LogP contribution in [0.5, 0.6) is 5.75 Å². The highest BCUT2D eigenvalue weighted by Gasteiger charge is 2.57. The maximum absolute atomic E-state index is 12.4. The minimum absolute atomic E-state index is 0.0997.